The van der Waals surface area contributed by atoms with Crippen molar-refractivity contribution in [2.45, 2.75) is 26.3 Å². The minimum absolute atomic E-state index is 0.00847. The number of hydrogen-bond donors (Lipinski definition) is 1. The van der Waals surface area contributed by atoms with Gasteiger partial charge in [0.1, 0.15) is 17.3 Å². The predicted octanol–water partition coefficient (Wildman–Crippen LogP) is 6.15. The summed E-state index contributed by atoms with van der Waals surface area (Å²) in [5, 5.41) is 11.7. The van der Waals surface area contributed by atoms with Gasteiger partial charge < -0.3 is 14.6 Å². The van der Waals surface area contributed by atoms with Gasteiger partial charge in [0.15, 0.2) is 0 Å². The molecule has 0 saturated carbocycles. The lowest BCUT2D eigenvalue weighted by Gasteiger charge is -2.25. The minimum Gasteiger partial charge on any atom is -0.507 e. The number of anilines is 1. The van der Waals surface area contributed by atoms with Gasteiger partial charge in [-0.1, -0.05) is 48.9 Å². The van der Waals surface area contributed by atoms with E-state index in [0.29, 0.717) is 46.5 Å². The van der Waals surface area contributed by atoms with Crippen molar-refractivity contribution in [3.63, 3.8) is 0 Å². The molecule has 180 valence electrons. The third-order valence-electron chi connectivity index (χ3n) is 5.65. The first-order valence-electron chi connectivity index (χ1n) is 11.5. The highest BCUT2D eigenvalue weighted by Gasteiger charge is 2.47. The number of benzene rings is 3. The average Bonchev–Trinajstić information content (AvgIpc) is 3.15. The Hall–Kier alpha value is -3.77. The Kier molecular flexibility index (Phi) is 7.42. The third kappa shape index (κ3) is 4.88. The second kappa shape index (κ2) is 10.7. The van der Waals surface area contributed by atoms with Crippen LogP contribution in [-0.4, -0.2) is 30.0 Å². The van der Waals surface area contributed by atoms with Gasteiger partial charge in [0.25, 0.3) is 11.7 Å². The van der Waals surface area contributed by atoms with Crippen LogP contribution < -0.4 is 14.4 Å². The Morgan fingerprint density at radius 1 is 0.971 bits per heavy atom. The molecule has 1 aliphatic rings. The molecular formula is C28H26ClNO5. The van der Waals surface area contributed by atoms with Crippen molar-refractivity contribution in [1.82, 2.24) is 0 Å². The zero-order chi connectivity index (χ0) is 24.9. The summed E-state index contributed by atoms with van der Waals surface area (Å²) in [7, 11) is 0. The molecule has 1 fully saturated rings. The molecule has 3 aromatic carbocycles. The molecule has 6 nitrogen and oxygen atoms in total. The first-order chi connectivity index (χ1) is 17.0. The number of aliphatic hydroxyl groups excluding tert-OH is 1. The van der Waals surface area contributed by atoms with Gasteiger partial charge in [0.2, 0.25) is 0 Å². The third-order valence-corrected chi connectivity index (χ3v) is 5.96. The van der Waals surface area contributed by atoms with Crippen LogP contribution in [0.15, 0.2) is 78.4 Å². The number of halogens is 1. The van der Waals surface area contributed by atoms with Crippen LogP contribution in [0.3, 0.4) is 0 Å². The molecule has 1 amide bonds. The van der Waals surface area contributed by atoms with Gasteiger partial charge in [-0.3, -0.25) is 14.5 Å². The Morgan fingerprint density at radius 3 is 2.34 bits per heavy atom. The van der Waals surface area contributed by atoms with Gasteiger partial charge in [-0.2, -0.15) is 0 Å². The highest BCUT2D eigenvalue weighted by molar-refractivity contribution is 6.51. The van der Waals surface area contributed by atoms with Gasteiger partial charge >= 0.3 is 0 Å². The van der Waals surface area contributed by atoms with Crippen LogP contribution in [0, 0.1) is 0 Å². The number of aliphatic hydroxyl groups is 1. The van der Waals surface area contributed by atoms with Crippen LogP contribution in [-0.2, 0) is 9.59 Å². The summed E-state index contributed by atoms with van der Waals surface area (Å²) in [4.78, 5) is 27.9. The topological polar surface area (TPSA) is 76.1 Å². The van der Waals surface area contributed by atoms with Crippen molar-refractivity contribution in [1.29, 1.82) is 0 Å². The van der Waals surface area contributed by atoms with Crippen molar-refractivity contribution in [3.8, 4) is 11.5 Å². The molecule has 1 heterocycles. The van der Waals surface area contributed by atoms with Gasteiger partial charge in [-0.25, -0.2) is 0 Å². The van der Waals surface area contributed by atoms with Gasteiger partial charge in [-0.05, 0) is 61.4 Å². The number of carbonyl (C=O) groups excluding carboxylic acids is 2. The van der Waals surface area contributed by atoms with E-state index in [9.17, 15) is 14.7 Å². The lowest BCUT2D eigenvalue weighted by molar-refractivity contribution is -0.132. The Morgan fingerprint density at radius 2 is 1.69 bits per heavy atom. The van der Waals surface area contributed by atoms with Crippen LogP contribution in [0.2, 0.25) is 5.02 Å². The van der Waals surface area contributed by atoms with Crippen molar-refractivity contribution >= 4 is 34.7 Å². The second-order valence-electron chi connectivity index (χ2n) is 8.00. The largest absolute Gasteiger partial charge is 0.507 e. The number of para-hydroxylation sites is 1. The van der Waals surface area contributed by atoms with Gasteiger partial charge in [0, 0.05) is 11.3 Å². The Balaban J connectivity index is 1.86. The van der Waals surface area contributed by atoms with Crippen LogP contribution in [0.5, 0.6) is 11.5 Å². The van der Waals surface area contributed by atoms with Crippen LogP contribution in [0.25, 0.3) is 5.76 Å². The van der Waals surface area contributed by atoms with E-state index in [1.54, 1.807) is 66.7 Å². The molecule has 35 heavy (non-hydrogen) atoms. The fourth-order valence-corrected chi connectivity index (χ4v) is 4.21. The molecule has 0 radical (unpaired) electrons. The summed E-state index contributed by atoms with van der Waals surface area (Å²) >= 11 is 6.21. The Labute approximate surface area is 209 Å². The highest BCUT2D eigenvalue weighted by atomic mass is 35.5. The van der Waals surface area contributed by atoms with Crippen molar-refractivity contribution in [2.24, 2.45) is 0 Å². The number of rotatable bonds is 8. The number of Topliss-reactive ketones (excluding diaryl/α,β-unsaturated/α-hetero) is 1. The first-order valence-corrected chi connectivity index (χ1v) is 11.9. The monoisotopic (exact) mass is 491 g/mol. The molecule has 0 aliphatic carbocycles. The average molecular weight is 492 g/mol. The number of ketones is 1. The predicted molar refractivity (Wildman–Crippen MR) is 136 cm³/mol. The normalized spacial score (nSPS) is 17.0. The summed E-state index contributed by atoms with van der Waals surface area (Å²) < 4.78 is 11.2. The summed E-state index contributed by atoms with van der Waals surface area (Å²) in [5.74, 6) is -0.713. The van der Waals surface area contributed by atoms with E-state index in [-0.39, 0.29) is 11.3 Å². The summed E-state index contributed by atoms with van der Waals surface area (Å²) in [6.45, 7) is 4.81. The number of ether oxygens (including phenoxy) is 2. The van der Waals surface area contributed by atoms with Gasteiger partial charge in [0.05, 0.1) is 29.9 Å². The lowest BCUT2D eigenvalue weighted by Crippen LogP contribution is -2.29. The first kappa shape index (κ1) is 24.4. The minimum atomic E-state index is -0.830. The Bertz CT molecular complexity index is 1250. The fraction of sp³-hybridized carbons (Fsp3) is 0.214. The second-order valence-corrected chi connectivity index (χ2v) is 8.41. The molecular weight excluding hydrogens is 466 g/mol. The van der Waals surface area contributed by atoms with E-state index in [1.165, 1.54) is 4.90 Å². The molecule has 1 saturated heterocycles. The molecule has 1 unspecified atom stereocenters. The van der Waals surface area contributed by atoms with E-state index in [0.717, 1.165) is 6.42 Å². The zero-order valence-corrected chi connectivity index (χ0v) is 20.3. The summed E-state index contributed by atoms with van der Waals surface area (Å²) in [6, 6.07) is 20.0. The molecule has 0 aromatic heterocycles. The molecule has 0 bridgehead atoms. The summed E-state index contributed by atoms with van der Waals surface area (Å²) in [6.07, 6.45) is 0.876. The molecule has 7 heteroatoms. The van der Waals surface area contributed by atoms with E-state index in [2.05, 4.69) is 0 Å². The van der Waals surface area contributed by atoms with E-state index >= 15 is 0 Å². The van der Waals surface area contributed by atoms with E-state index in [1.807, 2.05) is 19.9 Å². The number of hydrogen-bond acceptors (Lipinski definition) is 5. The maximum Gasteiger partial charge on any atom is 0.300 e. The quantitative estimate of drug-likeness (QED) is 0.232. The fourth-order valence-electron chi connectivity index (χ4n) is 4.04. The van der Waals surface area contributed by atoms with Crippen LogP contribution >= 0.6 is 11.6 Å². The smallest absolute Gasteiger partial charge is 0.300 e. The standard InChI is InChI=1S/C28H26ClNO5/c1-3-16-35-21-13-10-18(11-14-21)25-24(26(31)19-12-15-22(29)23(17-19)34-4-2)27(32)28(33)30(25)20-8-6-5-7-9-20/h5-15,17,25,31H,3-4,16H2,1-2H3/b26-24-. The maximum atomic E-state index is 13.3. The maximum absolute atomic E-state index is 13.3. The summed E-state index contributed by atoms with van der Waals surface area (Å²) in [5.41, 5.74) is 1.54. The van der Waals surface area contributed by atoms with Gasteiger partial charge in [-0.15, -0.1) is 0 Å². The molecule has 3 aromatic rings. The molecule has 1 atom stereocenters. The van der Waals surface area contributed by atoms with Crippen molar-refractivity contribution in [3.05, 3.63) is 94.5 Å². The molecule has 0 spiro atoms. The highest BCUT2D eigenvalue weighted by Crippen LogP contribution is 2.43. The number of carbonyl (C=O) groups is 2. The molecule has 1 N–H and O–H groups in total. The lowest BCUT2D eigenvalue weighted by atomic mass is 9.95. The van der Waals surface area contributed by atoms with Crippen molar-refractivity contribution < 1.29 is 24.2 Å². The van der Waals surface area contributed by atoms with Crippen LogP contribution in [0.4, 0.5) is 5.69 Å². The van der Waals surface area contributed by atoms with E-state index in [4.69, 9.17) is 21.1 Å². The van der Waals surface area contributed by atoms with Crippen LogP contribution in [0.1, 0.15) is 37.4 Å². The molecule has 4 rings (SSSR count). The van der Waals surface area contributed by atoms with E-state index < -0.39 is 17.7 Å². The van der Waals surface area contributed by atoms with Crippen molar-refractivity contribution in [2.75, 3.05) is 18.1 Å². The number of nitrogens with zero attached hydrogens (tertiary/aromatic N) is 1. The number of amides is 1. The molecule has 1 aliphatic heterocycles. The zero-order valence-electron chi connectivity index (χ0n) is 19.5. The SMILES string of the molecule is CCCOc1ccc(C2/C(=C(/O)c3ccc(Cl)c(OCC)c3)C(=O)C(=O)N2c2ccccc2)cc1.